The Bertz CT molecular complexity index is 243. The van der Waals surface area contributed by atoms with Crippen molar-refractivity contribution in [1.82, 2.24) is 10.2 Å². The average molecular weight is 241 g/mol. The van der Waals surface area contributed by atoms with Gasteiger partial charge in [-0.25, -0.2) is 0 Å². The summed E-state index contributed by atoms with van der Waals surface area (Å²) in [6, 6.07) is 0.374. The molecule has 1 fully saturated rings. The van der Waals surface area contributed by atoms with E-state index in [1.54, 1.807) is 0 Å². The van der Waals surface area contributed by atoms with Crippen molar-refractivity contribution in [2.24, 2.45) is 17.6 Å². The van der Waals surface area contributed by atoms with Gasteiger partial charge >= 0.3 is 0 Å². The molecule has 3 N–H and O–H groups in total. The van der Waals surface area contributed by atoms with Gasteiger partial charge in [0, 0.05) is 18.5 Å². The van der Waals surface area contributed by atoms with Crippen LogP contribution in [-0.4, -0.2) is 44.0 Å². The number of amides is 1. The lowest BCUT2D eigenvalue weighted by molar-refractivity contribution is -0.127. The van der Waals surface area contributed by atoms with Gasteiger partial charge in [-0.3, -0.25) is 4.79 Å². The number of rotatable bonds is 5. The van der Waals surface area contributed by atoms with Crippen LogP contribution in [0.15, 0.2) is 0 Å². The highest BCUT2D eigenvalue weighted by Crippen LogP contribution is 2.29. The normalized spacial score (nSPS) is 26.9. The molecule has 4 heteroatoms. The molecule has 4 nitrogen and oxygen atoms in total. The molecule has 3 atom stereocenters. The van der Waals surface area contributed by atoms with E-state index in [9.17, 15) is 4.79 Å². The number of hydrogen-bond donors (Lipinski definition) is 2. The number of nitrogens with zero attached hydrogens (tertiary/aromatic N) is 1. The van der Waals surface area contributed by atoms with Crippen molar-refractivity contribution in [2.75, 3.05) is 27.2 Å². The Morgan fingerprint density at radius 2 is 2.06 bits per heavy atom. The van der Waals surface area contributed by atoms with Gasteiger partial charge in [-0.15, -0.1) is 0 Å². The molecule has 0 aliphatic heterocycles. The molecule has 0 aromatic heterocycles. The van der Waals surface area contributed by atoms with Gasteiger partial charge in [0.05, 0.1) is 0 Å². The van der Waals surface area contributed by atoms with Crippen molar-refractivity contribution in [1.29, 1.82) is 0 Å². The summed E-state index contributed by atoms with van der Waals surface area (Å²) in [6.07, 6.45) is 4.50. The molecule has 0 aromatic carbocycles. The van der Waals surface area contributed by atoms with Crippen molar-refractivity contribution in [3.8, 4) is 0 Å². The number of likely N-dealkylation sites (N-methyl/N-ethyl adjacent to an activating group) is 1. The summed E-state index contributed by atoms with van der Waals surface area (Å²) >= 11 is 0. The first kappa shape index (κ1) is 14.5. The Morgan fingerprint density at radius 3 is 2.65 bits per heavy atom. The molecular formula is C13H27N3O. The first-order valence-corrected chi connectivity index (χ1v) is 6.70. The topological polar surface area (TPSA) is 58.4 Å². The summed E-state index contributed by atoms with van der Waals surface area (Å²) in [5.74, 6) is 0.732. The van der Waals surface area contributed by atoms with E-state index in [4.69, 9.17) is 5.73 Å². The van der Waals surface area contributed by atoms with Gasteiger partial charge < -0.3 is 16.0 Å². The van der Waals surface area contributed by atoms with Crippen LogP contribution in [0.4, 0.5) is 0 Å². The molecule has 0 saturated heterocycles. The van der Waals surface area contributed by atoms with E-state index < -0.39 is 0 Å². The van der Waals surface area contributed by atoms with Crippen LogP contribution in [0.25, 0.3) is 0 Å². The molecule has 3 unspecified atom stereocenters. The van der Waals surface area contributed by atoms with E-state index in [-0.39, 0.29) is 11.8 Å². The van der Waals surface area contributed by atoms with Crippen LogP contribution < -0.4 is 11.1 Å². The van der Waals surface area contributed by atoms with Gasteiger partial charge in [0.25, 0.3) is 0 Å². The molecule has 1 rings (SSSR count). The van der Waals surface area contributed by atoms with E-state index in [1.165, 1.54) is 6.42 Å². The van der Waals surface area contributed by atoms with Crippen LogP contribution in [0.2, 0.25) is 0 Å². The van der Waals surface area contributed by atoms with Crippen LogP contribution >= 0.6 is 0 Å². The Hall–Kier alpha value is -0.610. The lowest BCUT2D eigenvalue weighted by Crippen LogP contribution is -2.44. The molecule has 1 aliphatic rings. The third kappa shape index (κ3) is 4.28. The summed E-state index contributed by atoms with van der Waals surface area (Å²) in [7, 11) is 4.06. The van der Waals surface area contributed by atoms with Crippen molar-refractivity contribution in [3.63, 3.8) is 0 Å². The molecule has 1 aliphatic carbocycles. The Balaban J connectivity index is 2.40. The summed E-state index contributed by atoms with van der Waals surface area (Å²) in [5, 5.41) is 3.06. The lowest BCUT2D eigenvalue weighted by atomic mass is 9.79. The van der Waals surface area contributed by atoms with Gasteiger partial charge in [0.2, 0.25) is 5.91 Å². The van der Waals surface area contributed by atoms with Gasteiger partial charge in [0.1, 0.15) is 0 Å². The van der Waals surface area contributed by atoms with Crippen molar-refractivity contribution < 1.29 is 4.79 Å². The fourth-order valence-electron chi connectivity index (χ4n) is 2.40. The molecule has 0 spiro atoms. The smallest absolute Gasteiger partial charge is 0.223 e. The number of hydrogen-bond acceptors (Lipinski definition) is 3. The Kier molecular flexibility index (Phi) is 5.92. The molecule has 0 bridgehead atoms. The zero-order chi connectivity index (χ0) is 12.8. The molecular weight excluding hydrogens is 214 g/mol. The number of nitrogens with one attached hydrogen (secondary N) is 1. The van der Waals surface area contributed by atoms with Gasteiger partial charge in [-0.1, -0.05) is 12.8 Å². The maximum Gasteiger partial charge on any atom is 0.223 e. The van der Waals surface area contributed by atoms with E-state index in [1.807, 2.05) is 14.1 Å². The van der Waals surface area contributed by atoms with Crippen LogP contribution in [-0.2, 0) is 4.79 Å². The average Bonchev–Trinajstić information content (AvgIpc) is 2.35. The second-order valence-corrected chi connectivity index (χ2v) is 5.44. The van der Waals surface area contributed by atoms with Crippen molar-refractivity contribution >= 4 is 5.91 Å². The predicted molar refractivity (Wildman–Crippen MR) is 70.7 cm³/mol. The standard InChI is InChI=1S/C13H27N3O/c1-10(16(2)3)9-15-13(17)12-7-5-4-6-11(12)8-14/h10-12H,4-9,14H2,1-3H3,(H,15,17). The van der Waals surface area contributed by atoms with Crippen LogP contribution in [0.1, 0.15) is 32.6 Å². The minimum Gasteiger partial charge on any atom is -0.354 e. The fourth-order valence-corrected chi connectivity index (χ4v) is 2.40. The van der Waals surface area contributed by atoms with Gasteiger partial charge in [0.15, 0.2) is 0 Å². The molecule has 0 radical (unpaired) electrons. The third-order valence-corrected chi connectivity index (χ3v) is 4.00. The molecule has 1 amide bonds. The number of nitrogens with two attached hydrogens (primary N) is 1. The van der Waals surface area contributed by atoms with Gasteiger partial charge in [-0.2, -0.15) is 0 Å². The third-order valence-electron chi connectivity index (χ3n) is 4.00. The highest BCUT2D eigenvalue weighted by atomic mass is 16.1. The fraction of sp³-hybridized carbons (Fsp3) is 0.923. The number of carbonyl (C=O) groups is 1. The summed E-state index contributed by atoms with van der Waals surface area (Å²) in [4.78, 5) is 14.2. The molecule has 17 heavy (non-hydrogen) atoms. The molecule has 0 heterocycles. The molecule has 100 valence electrons. The second kappa shape index (κ2) is 6.97. The van der Waals surface area contributed by atoms with E-state index in [0.717, 1.165) is 25.8 Å². The zero-order valence-corrected chi connectivity index (χ0v) is 11.4. The highest BCUT2D eigenvalue weighted by molar-refractivity contribution is 5.79. The Morgan fingerprint density at radius 1 is 1.41 bits per heavy atom. The maximum atomic E-state index is 12.1. The predicted octanol–water partition coefficient (Wildman–Crippen LogP) is 0.818. The quantitative estimate of drug-likeness (QED) is 0.749. The monoisotopic (exact) mass is 241 g/mol. The highest BCUT2D eigenvalue weighted by Gasteiger charge is 2.29. The minimum absolute atomic E-state index is 0.142. The lowest BCUT2D eigenvalue weighted by Gasteiger charge is -2.30. The van der Waals surface area contributed by atoms with E-state index in [2.05, 4.69) is 17.1 Å². The SMILES string of the molecule is CC(CNC(=O)C1CCCCC1CN)N(C)C. The van der Waals surface area contributed by atoms with Crippen LogP contribution in [0.3, 0.4) is 0 Å². The maximum absolute atomic E-state index is 12.1. The summed E-state index contributed by atoms with van der Waals surface area (Å²) < 4.78 is 0. The largest absolute Gasteiger partial charge is 0.354 e. The minimum atomic E-state index is 0.142. The first-order valence-electron chi connectivity index (χ1n) is 6.70. The van der Waals surface area contributed by atoms with Crippen LogP contribution in [0.5, 0.6) is 0 Å². The molecule has 0 aromatic rings. The van der Waals surface area contributed by atoms with Gasteiger partial charge in [-0.05, 0) is 46.3 Å². The number of carbonyl (C=O) groups excluding carboxylic acids is 1. The summed E-state index contributed by atoms with van der Waals surface area (Å²) in [6.45, 7) is 3.47. The molecule has 1 saturated carbocycles. The Labute approximate surface area is 105 Å². The second-order valence-electron chi connectivity index (χ2n) is 5.44. The van der Waals surface area contributed by atoms with E-state index >= 15 is 0 Å². The first-order chi connectivity index (χ1) is 8.06. The van der Waals surface area contributed by atoms with Crippen molar-refractivity contribution in [3.05, 3.63) is 0 Å². The summed E-state index contributed by atoms with van der Waals surface area (Å²) in [5.41, 5.74) is 5.75. The van der Waals surface area contributed by atoms with Crippen molar-refractivity contribution in [2.45, 2.75) is 38.6 Å². The van der Waals surface area contributed by atoms with E-state index in [0.29, 0.717) is 18.5 Å². The zero-order valence-electron chi connectivity index (χ0n) is 11.4. The van der Waals surface area contributed by atoms with Crippen LogP contribution in [0, 0.1) is 11.8 Å².